The summed E-state index contributed by atoms with van der Waals surface area (Å²) in [5.41, 5.74) is 1.34. The lowest BCUT2D eigenvalue weighted by molar-refractivity contribution is 0.0294. The van der Waals surface area contributed by atoms with Crippen LogP contribution in [0.2, 0.25) is 0 Å². The van der Waals surface area contributed by atoms with Gasteiger partial charge in [-0.25, -0.2) is 0 Å². The Morgan fingerprint density at radius 1 is 0.882 bits per heavy atom. The molecule has 1 aromatic rings. The van der Waals surface area contributed by atoms with Gasteiger partial charge in [-0.1, -0.05) is 56.0 Å². The van der Waals surface area contributed by atoms with Gasteiger partial charge in [0.05, 0.1) is 6.10 Å². The first-order valence-corrected chi connectivity index (χ1v) is 7.07. The summed E-state index contributed by atoms with van der Waals surface area (Å²) in [6.45, 7) is 0. The second-order valence-electron chi connectivity index (χ2n) is 5.86. The van der Waals surface area contributed by atoms with Crippen molar-refractivity contribution in [3.63, 3.8) is 0 Å². The molecular formula is C16H22O. The summed E-state index contributed by atoms with van der Waals surface area (Å²) in [5, 5.41) is 10.4. The van der Waals surface area contributed by atoms with Crippen molar-refractivity contribution in [1.82, 2.24) is 0 Å². The third-order valence-corrected chi connectivity index (χ3v) is 4.86. The minimum Gasteiger partial charge on any atom is -0.392 e. The summed E-state index contributed by atoms with van der Waals surface area (Å²) >= 11 is 0. The van der Waals surface area contributed by atoms with Gasteiger partial charge in [-0.05, 0) is 30.2 Å². The highest BCUT2D eigenvalue weighted by Crippen LogP contribution is 2.46. The van der Waals surface area contributed by atoms with Crippen molar-refractivity contribution in [3.05, 3.63) is 35.9 Å². The van der Waals surface area contributed by atoms with Crippen molar-refractivity contribution >= 4 is 0 Å². The van der Waals surface area contributed by atoms with Gasteiger partial charge in [0.25, 0.3) is 0 Å². The number of hydrogen-bond acceptors (Lipinski definition) is 1. The lowest BCUT2D eigenvalue weighted by atomic mass is 9.65. The zero-order valence-corrected chi connectivity index (χ0v) is 10.4. The van der Waals surface area contributed by atoms with Crippen molar-refractivity contribution in [1.29, 1.82) is 0 Å². The minimum absolute atomic E-state index is 0.114. The molecule has 1 heteroatoms. The molecule has 0 amide bonds. The molecule has 0 heterocycles. The van der Waals surface area contributed by atoms with E-state index in [0.29, 0.717) is 5.92 Å². The van der Waals surface area contributed by atoms with Crippen LogP contribution in [0.25, 0.3) is 0 Å². The molecule has 2 aliphatic carbocycles. The van der Waals surface area contributed by atoms with Gasteiger partial charge >= 0.3 is 0 Å². The Bertz CT molecular complexity index is 359. The normalized spacial score (nSPS) is 37.5. The summed E-state index contributed by atoms with van der Waals surface area (Å²) in [4.78, 5) is 0. The molecule has 1 aromatic carbocycles. The van der Waals surface area contributed by atoms with Crippen LogP contribution in [-0.2, 0) is 0 Å². The Kier molecular flexibility index (Phi) is 3.19. The first-order valence-electron chi connectivity index (χ1n) is 7.07. The predicted molar refractivity (Wildman–Crippen MR) is 69.9 cm³/mol. The minimum atomic E-state index is -0.114. The van der Waals surface area contributed by atoms with E-state index >= 15 is 0 Å². The van der Waals surface area contributed by atoms with Crippen LogP contribution in [-0.4, -0.2) is 11.2 Å². The molecule has 17 heavy (non-hydrogen) atoms. The fourth-order valence-electron chi connectivity index (χ4n) is 3.92. The molecule has 0 saturated heterocycles. The number of benzene rings is 1. The molecule has 0 spiro atoms. The molecule has 1 N–H and O–H groups in total. The van der Waals surface area contributed by atoms with E-state index in [4.69, 9.17) is 0 Å². The van der Waals surface area contributed by atoms with E-state index in [-0.39, 0.29) is 6.10 Å². The average molecular weight is 230 g/mol. The smallest absolute Gasteiger partial charge is 0.0611 e. The Morgan fingerprint density at radius 2 is 1.53 bits per heavy atom. The topological polar surface area (TPSA) is 20.2 Å². The summed E-state index contributed by atoms with van der Waals surface area (Å²) < 4.78 is 0. The number of aliphatic hydroxyl groups is 1. The Hall–Kier alpha value is -0.820. The van der Waals surface area contributed by atoms with Gasteiger partial charge in [-0.15, -0.1) is 0 Å². The monoisotopic (exact) mass is 230 g/mol. The van der Waals surface area contributed by atoms with E-state index in [2.05, 4.69) is 30.3 Å². The van der Waals surface area contributed by atoms with E-state index in [1.54, 1.807) is 0 Å². The Balaban J connectivity index is 1.78. The number of fused-ring (bicyclic) bond motifs is 1. The third-order valence-electron chi connectivity index (χ3n) is 4.86. The quantitative estimate of drug-likeness (QED) is 0.779. The van der Waals surface area contributed by atoms with E-state index in [9.17, 15) is 5.11 Å². The Morgan fingerprint density at radius 3 is 2.24 bits per heavy atom. The fraction of sp³-hybridized carbons (Fsp3) is 0.625. The maximum Gasteiger partial charge on any atom is 0.0611 e. The van der Waals surface area contributed by atoms with Crippen LogP contribution >= 0.6 is 0 Å². The van der Waals surface area contributed by atoms with Crippen LogP contribution in [0.5, 0.6) is 0 Å². The number of aliphatic hydroxyl groups excluding tert-OH is 1. The number of hydrogen-bond donors (Lipinski definition) is 1. The van der Waals surface area contributed by atoms with Crippen LogP contribution in [0.3, 0.4) is 0 Å². The van der Waals surface area contributed by atoms with Crippen molar-refractivity contribution in [2.24, 2.45) is 11.8 Å². The standard InChI is InChI=1S/C16H22O/c17-16-11-14-9-5-4-8-13(14)10-15(16)12-6-2-1-3-7-12/h1-3,6-7,13-17H,4-5,8-11H2/t13-,14+,15+,16-/m0/s1. The lowest BCUT2D eigenvalue weighted by Gasteiger charge is -2.42. The SMILES string of the molecule is O[C@H]1C[C@H]2CCCC[C@H]2C[C@@H]1c1ccccc1. The first kappa shape index (κ1) is 11.3. The van der Waals surface area contributed by atoms with Crippen LogP contribution in [0.1, 0.15) is 50.0 Å². The molecule has 92 valence electrons. The van der Waals surface area contributed by atoms with Crippen molar-refractivity contribution in [2.45, 2.75) is 50.5 Å². The molecule has 1 nitrogen and oxygen atoms in total. The molecule has 2 fully saturated rings. The predicted octanol–water partition coefficient (Wildman–Crippen LogP) is 3.73. The van der Waals surface area contributed by atoms with Crippen molar-refractivity contribution in [2.75, 3.05) is 0 Å². The van der Waals surface area contributed by atoms with E-state index in [1.165, 1.54) is 37.7 Å². The summed E-state index contributed by atoms with van der Waals surface area (Å²) in [6, 6.07) is 10.6. The van der Waals surface area contributed by atoms with Crippen LogP contribution < -0.4 is 0 Å². The molecule has 0 bridgehead atoms. The van der Waals surface area contributed by atoms with Gasteiger partial charge < -0.3 is 5.11 Å². The van der Waals surface area contributed by atoms with Gasteiger partial charge in [-0.3, -0.25) is 0 Å². The van der Waals surface area contributed by atoms with Crippen molar-refractivity contribution in [3.8, 4) is 0 Å². The van der Waals surface area contributed by atoms with Gasteiger partial charge in [0.2, 0.25) is 0 Å². The summed E-state index contributed by atoms with van der Waals surface area (Å²) in [5.74, 6) is 2.06. The van der Waals surface area contributed by atoms with Crippen molar-refractivity contribution < 1.29 is 5.11 Å². The molecule has 4 atom stereocenters. The highest BCUT2D eigenvalue weighted by atomic mass is 16.3. The van der Waals surface area contributed by atoms with E-state index < -0.39 is 0 Å². The largest absolute Gasteiger partial charge is 0.392 e. The zero-order valence-electron chi connectivity index (χ0n) is 10.4. The van der Waals surface area contributed by atoms with Gasteiger partial charge in [-0.2, -0.15) is 0 Å². The van der Waals surface area contributed by atoms with Gasteiger partial charge in [0.15, 0.2) is 0 Å². The summed E-state index contributed by atoms with van der Waals surface area (Å²) in [7, 11) is 0. The van der Waals surface area contributed by atoms with Gasteiger partial charge in [0.1, 0.15) is 0 Å². The first-order chi connectivity index (χ1) is 8.34. The molecule has 2 saturated carbocycles. The molecule has 0 aromatic heterocycles. The maximum atomic E-state index is 10.4. The van der Waals surface area contributed by atoms with E-state index in [0.717, 1.165) is 18.3 Å². The third kappa shape index (κ3) is 2.26. The molecule has 3 rings (SSSR count). The second kappa shape index (κ2) is 4.81. The lowest BCUT2D eigenvalue weighted by Crippen LogP contribution is -2.35. The van der Waals surface area contributed by atoms with Crippen LogP contribution in [0.4, 0.5) is 0 Å². The molecule has 0 radical (unpaired) electrons. The van der Waals surface area contributed by atoms with Gasteiger partial charge in [0, 0.05) is 5.92 Å². The zero-order chi connectivity index (χ0) is 11.7. The van der Waals surface area contributed by atoms with Crippen LogP contribution in [0.15, 0.2) is 30.3 Å². The highest BCUT2D eigenvalue weighted by molar-refractivity contribution is 5.21. The molecule has 0 aliphatic heterocycles. The van der Waals surface area contributed by atoms with Crippen LogP contribution in [0, 0.1) is 11.8 Å². The second-order valence-corrected chi connectivity index (χ2v) is 5.86. The average Bonchev–Trinajstić information content (AvgIpc) is 2.39. The fourth-order valence-corrected chi connectivity index (χ4v) is 3.92. The Labute approximate surface area is 104 Å². The number of rotatable bonds is 1. The molecule has 2 aliphatic rings. The molecular weight excluding hydrogens is 208 g/mol. The summed E-state index contributed by atoms with van der Waals surface area (Å²) in [6.07, 6.45) is 7.64. The molecule has 0 unspecified atom stereocenters. The highest BCUT2D eigenvalue weighted by Gasteiger charge is 2.37. The maximum absolute atomic E-state index is 10.4. The van der Waals surface area contributed by atoms with E-state index in [1.807, 2.05) is 0 Å².